The third kappa shape index (κ3) is 4.75. The highest BCUT2D eigenvalue weighted by molar-refractivity contribution is 5.95. The van der Waals surface area contributed by atoms with Crippen molar-refractivity contribution in [1.29, 1.82) is 0 Å². The zero-order chi connectivity index (χ0) is 16.5. The Morgan fingerprint density at radius 2 is 2.22 bits per heavy atom. The smallest absolute Gasteiger partial charge is 0.227 e. The van der Waals surface area contributed by atoms with Gasteiger partial charge < -0.3 is 15.5 Å². The van der Waals surface area contributed by atoms with Crippen LogP contribution >= 0.6 is 0 Å². The van der Waals surface area contributed by atoms with Crippen LogP contribution in [0, 0.1) is 12.3 Å². The van der Waals surface area contributed by atoms with E-state index >= 15 is 0 Å². The summed E-state index contributed by atoms with van der Waals surface area (Å²) in [5.41, 5.74) is 2.32. The largest absolute Gasteiger partial charge is 0.357 e. The number of fused-ring (bicyclic) bond motifs is 1. The topological polar surface area (TPSA) is 56.7 Å². The lowest BCUT2D eigenvalue weighted by atomic mass is 10.2. The number of hydrogen-bond acceptors (Lipinski definition) is 2. The summed E-state index contributed by atoms with van der Waals surface area (Å²) in [6.45, 7) is 4.60. The number of nitrogens with one attached hydrogen (secondary N) is 2. The number of anilines is 1. The molecule has 0 saturated heterocycles. The second kappa shape index (κ2) is 8.84. The van der Waals surface area contributed by atoms with Crippen molar-refractivity contribution in [2.45, 2.75) is 26.2 Å². The van der Waals surface area contributed by atoms with Crippen LogP contribution in [0.2, 0.25) is 0 Å². The summed E-state index contributed by atoms with van der Waals surface area (Å²) in [6.07, 6.45) is 7.41. The Morgan fingerprint density at radius 3 is 3.00 bits per heavy atom. The maximum absolute atomic E-state index is 12.4. The minimum absolute atomic E-state index is 0.173. The number of terminal acetylenes is 1. The third-order valence-corrected chi connectivity index (χ3v) is 3.71. The first-order valence-corrected chi connectivity index (χ1v) is 8.10. The van der Waals surface area contributed by atoms with Crippen molar-refractivity contribution in [2.75, 3.05) is 31.1 Å². The van der Waals surface area contributed by atoms with Gasteiger partial charge in [0.15, 0.2) is 5.96 Å². The Balaban J connectivity index is 1.80. The second-order valence-corrected chi connectivity index (χ2v) is 5.35. The quantitative estimate of drug-likeness (QED) is 0.363. The highest BCUT2D eigenvalue weighted by Crippen LogP contribution is 2.27. The molecule has 0 aliphatic carbocycles. The van der Waals surface area contributed by atoms with Gasteiger partial charge >= 0.3 is 0 Å². The van der Waals surface area contributed by atoms with Crippen LogP contribution in [-0.4, -0.2) is 38.0 Å². The predicted octanol–water partition coefficient (Wildman–Crippen LogP) is 1.54. The number of amides is 1. The van der Waals surface area contributed by atoms with Gasteiger partial charge in [0.05, 0.1) is 6.54 Å². The molecule has 1 aliphatic rings. The van der Waals surface area contributed by atoms with Crippen molar-refractivity contribution >= 4 is 17.6 Å². The van der Waals surface area contributed by atoms with Gasteiger partial charge in [0.1, 0.15) is 0 Å². The van der Waals surface area contributed by atoms with Crippen molar-refractivity contribution < 1.29 is 4.79 Å². The zero-order valence-corrected chi connectivity index (χ0v) is 13.6. The van der Waals surface area contributed by atoms with Gasteiger partial charge in [-0.1, -0.05) is 24.1 Å². The fraction of sp³-hybridized carbons (Fsp3) is 0.444. The zero-order valence-electron chi connectivity index (χ0n) is 13.6. The lowest BCUT2D eigenvalue weighted by molar-refractivity contribution is -0.118. The summed E-state index contributed by atoms with van der Waals surface area (Å²) < 4.78 is 0. The number of aliphatic imine (C=N–C) groups is 1. The third-order valence-electron chi connectivity index (χ3n) is 3.71. The molecule has 0 saturated carbocycles. The van der Waals surface area contributed by atoms with Crippen LogP contribution in [0.3, 0.4) is 0 Å². The van der Waals surface area contributed by atoms with Crippen LogP contribution in [0.1, 0.15) is 25.3 Å². The van der Waals surface area contributed by atoms with E-state index in [0.717, 1.165) is 31.6 Å². The number of para-hydroxylation sites is 1. The van der Waals surface area contributed by atoms with Crippen LogP contribution in [0.15, 0.2) is 29.3 Å². The lowest BCUT2D eigenvalue weighted by Crippen LogP contribution is -2.37. The van der Waals surface area contributed by atoms with E-state index in [1.165, 1.54) is 5.56 Å². The molecule has 2 rings (SSSR count). The Morgan fingerprint density at radius 1 is 1.39 bits per heavy atom. The molecule has 5 nitrogen and oxygen atoms in total. The van der Waals surface area contributed by atoms with E-state index in [1.807, 2.05) is 30.0 Å². The molecule has 122 valence electrons. The molecule has 0 fully saturated rings. The number of carbonyl (C=O) groups is 1. The van der Waals surface area contributed by atoms with Crippen molar-refractivity contribution in [1.82, 2.24) is 10.6 Å². The van der Waals surface area contributed by atoms with E-state index in [2.05, 4.69) is 27.6 Å². The molecule has 0 aromatic heterocycles. The Kier molecular flexibility index (Phi) is 6.49. The Labute approximate surface area is 138 Å². The van der Waals surface area contributed by atoms with Crippen LogP contribution in [0.4, 0.5) is 5.69 Å². The molecule has 1 aromatic carbocycles. The first kappa shape index (κ1) is 16.9. The summed E-state index contributed by atoms with van der Waals surface area (Å²) in [7, 11) is 0. The van der Waals surface area contributed by atoms with Gasteiger partial charge in [-0.2, -0.15) is 0 Å². The first-order valence-electron chi connectivity index (χ1n) is 8.10. The van der Waals surface area contributed by atoms with Crippen molar-refractivity contribution in [3.05, 3.63) is 29.8 Å². The number of rotatable bonds is 6. The van der Waals surface area contributed by atoms with Gasteiger partial charge in [-0.15, -0.1) is 6.42 Å². The number of carbonyl (C=O) groups excluding carboxylic acids is 1. The molecule has 1 aliphatic heterocycles. The van der Waals surface area contributed by atoms with E-state index < -0.39 is 0 Å². The molecule has 1 amide bonds. The second-order valence-electron chi connectivity index (χ2n) is 5.35. The predicted molar refractivity (Wildman–Crippen MR) is 94.5 cm³/mol. The summed E-state index contributed by atoms with van der Waals surface area (Å²) in [6, 6.07) is 8.11. The molecule has 1 aromatic rings. The Hall–Kier alpha value is -2.48. The number of benzene rings is 1. The average Bonchev–Trinajstić information content (AvgIpc) is 3.00. The molecule has 1 heterocycles. The Bertz CT molecular complexity index is 603. The fourth-order valence-corrected chi connectivity index (χ4v) is 2.63. The van der Waals surface area contributed by atoms with Gasteiger partial charge in [0.2, 0.25) is 5.91 Å². The van der Waals surface area contributed by atoms with Crippen molar-refractivity contribution in [3.8, 4) is 12.3 Å². The average molecular weight is 312 g/mol. The highest BCUT2D eigenvalue weighted by atomic mass is 16.2. The molecule has 23 heavy (non-hydrogen) atoms. The lowest BCUT2D eigenvalue weighted by Gasteiger charge is -2.17. The number of guanidine groups is 1. The number of hydrogen-bond donors (Lipinski definition) is 2. The molecule has 2 N–H and O–H groups in total. The SMILES string of the molecule is C#CCNC(=NCCCC(=O)N1CCc2ccccc21)NCC. The van der Waals surface area contributed by atoms with E-state index in [-0.39, 0.29) is 5.91 Å². The molecule has 0 spiro atoms. The van der Waals surface area contributed by atoms with Crippen LogP contribution < -0.4 is 15.5 Å². The first-order chi connectivity index (χ1) is 11.3. The maximum atomic E-state index is 12.4. The molecule has 0 radical (unpaired) electrons. The molecule has 5 heteroatoms. The van der Waals surface area contributed by atoms with Gasteiger partial charge in [-0.05, 0) is 31.4 Å². The monoisotopic (exact) mass is 312 g/mol. The molecular weight excluding hydrogens is 288 g/mol. The molecular formula is C18H24N4O. The van der Waals surface area contributed by atoms with Gasteiger partial charge in [-0.3, -0.25) is 9.79 Å². The minimum Gasteiger partial charge on any atom is -0.357 e. The summed E-state index contributed by atoms with van der Waals surface area (Å²) in [5, 5.41) is 6.16. The molecule has 0 bridgehead atoms. The maximum Gasteiger partial charge on any atom is 0.227 e. The van der Waals surface area contributed by atoms with E-state index in [9.17, 15) is 4.79 Å². The summed E-state index contributed by atoms with van der Waals surface area (Å²) in [5.74, 6) is 3.39. The minimum atomic E-state index is 0.173. The van der Waals surface area contributed by atoms with Crippen LogP contribution in [-0.2, 0) is 11.2 Å². The van der Waals surface area contributed by atoms with Gasteiger partial charge in [0.25, 0.3) is 0 Å². The van der Waals surface area contributed by atoms with Gasteiger partial charge in [0, 0.05) is 31.7 Å². The molecule has 0 atom stereocenters. The molecule has 0 unspecified atom stereocenters. The fourth-order valence-electron chi connectivity index (χ4n) is 2.63. The summed E-state index contributed by atoms with van der Waals surface area (Å²) in [4.78, 5) is 18.7. The van der Waals surface area contributed by atoms with Crippen LogP contribution in [0.25, 0.3) is 0 Å². The van der Waals surface area contributed by atoms with Crippen molar-refractivity contribution in [2.24, 2.45) is 4.99 Å². The number of nitrogens with zero attached hydrogens (tertiary/aromatic N) is 2. The highest BCUT2D eigenvalue weighted by Gasteiger charge is 2.23. The standard InChI is InChI=1S/C18H24N4O/c1-3-12-20-18(19-4-2)21-13-7-10-17(23)22-14-11-15-8-5-6-9-16(15)22/h1,5-6,8-9H,4,7,10-14H2,2H3,(H2,19,20,21). The van der Waals surface area contributed by atoms with Crippen molar-refractivity contribution in [3.63, 3.8) is 0 Å². The van der Waals surface area contributed by atoms with E-state index in [0.29, 0.717) is 25.5 Å². The van der Waals surface area contributed by atoms with Crippen LogP contribution in [0.5, 0.6) is 0 Å². The van der Waals surface area contributed by atoms with Gasteiger partial charge in [-0.25, -0.2) is 0 Å². The normalized spacial score (nSPS) is 13.4. The summed E-state index contributed by atoms with van der Waals surface area (Å²) >= 11 is 0. The van der Waals surface area contributed by atoms with E-state index in [4.69, 9.17) is 6.42 Å². The van der Waals surface area contributed by atoms with E-state index in [1.54, 1.807) is 0 Å².